The lowest BCUT2D eigenvalue weighted by atomic mass is 9.42. The first-order chi connectivity index (χ1) is 29.5. The van der Waals surface area contributed by atoms with Gasteiger partial charge in [0.05, 0.1) is 22.5 Å². The van der Waals surface area contributed by atoms with Crippen LogP contribution in [-0.4, -0.2) is 70.2 Å². The minimum atomic E-state index is -0.909. The lowest BCUT2D eigenvalue weighted by Crippen LogP contribution is -2.55. The predicted molar refractivity (Wildman–Crippen MR) is 233 cm³/mol. The monoisotopic (exact) mass is 864 g/mol. The van der Waals surface area contributed by atoms with Crippen LogP contribution in [0.2, 0.25) is 0 Å². The maximum Gasteiger partial charge on any atom is 0.340 e. The van der Waals surface area contributed by atoms with E-state index in [0.717, 1.165) is 84.4 Å². The molecule has 13 rings (SSSR count). The summed E-state index contributed by atoms with van der Waals surface area (Å²) in [6.07, 6.45) is 21.3. The first-order valence-corrected chi connectivity index (χ1v) is 25.1. The Kier molecular flexibility index (Phi) is 9.78. The Bertz CT molecular complexity index is 2260. The van der Waals surface area contributed by atoms with E-state index in [1.807, 2.05) is 0 Å². The highest BCUT2D eigenvalue weighted by Crippen LogP contribution is 2.73. The van der Waals surface area contributed by atoms with Crippen LogP contribution in [-0.2, 0) is 28.7 Å². The van der Waals surface area contributed by atoms with Gasteiger partial charge in [0.25, 0.3) is 11.8 Å². The van der Waals surface area contributed by atoms with Crippen molar-refractivity contribution >= 4 is 45.3 Å². The number of ether oxygens (including phenoxy) is 2. The molecule has 2 saturated carbocycles. The van der Waals surface area contributed by atoms with E-state index in [1.165, 1.54) is 35.5 Å². The van der Waals surface area contributed by atoms with Gasteiger partial charge in [-0.15, -0.1) is 0 Å². The van der Waals surface area contributed by atoms with E-state index in [-0.39, 0.29) is 76.0 Å². The molecular formula is C48H56N4O7S2. The van der Waals surface area contributed by atoms with Crippen LogP contribution in [0.1, 0.15) is 91.4 Å². The molecule has 2 amide bonds. The van der Waals surface area contributed by atoms with Crippen LogP contribution in [0.15, 0.2) is 92.8 Å². The largest absolute Gasteiger partial charge is 0.427 e. The summed E-state index contributed by atoms with van der Waals surface area (Å²) in [4.78, 5) is 58.1. The summed E-state index contributed by atoms with van der Waals surface area (Å²) in [5.74, 6) is 0.493. The molecule has 0 aromatic rings. The first kappa shape index (κ1) is 40.0. The standard InChI is InChI=1S/C48H56N4O7S2/c1-4-47(17-5-6-18-47)32-10-8-26-21-30-28-15-19-48(40(30)39-37(26)42(32)59-45(39)56)33-11-7-24(2)44(50-22-25(3)53)61-60-34-12-9-29-27(16-20-49-43(29)51-34)31(38(28)41(48)46(57)58-33)23-52-35(54)13-14-36(52)55/h9,11-14,16,24-26,28,30-31,34,40,44,49-51,53H,4-8,10,15,17-23H2,1-3H3/b33-11-/t24-,25+,26+,28+,30+,31-,34+,40-,44-,48+/m1/s1. The van der Waals surface area contributed by atoms with E-state index in [9.17, 15) is 19.5 Å². The van der Waals surface area contributed by atoms with Crippen molar-refractivity contribution in [1.82, 2.24) is 20.9 Å². The fourth-order valence-corrected chi connectivity index (χ4v) is 16.6. The zero-order valence-electron chi connectivity index (χ0n) is 35.2. The first-order valence-electron chi connectivity index (χ1n) is 22.8. The second kappa shape index (κ2) is 14.9. The number of rotatable bonds is 7. The van der Waals surface area contributed by atoms with E-state index in [0.29, 0.717) is 37.3 Å². The Balaban J connectivity index is 1.13. The minimum Gasteiger partial charge on any atom is -0.427 e. The van der Waals surface area contributed by atoms with Gasteiger partial charge < -0.3 is 30.5 Å². The molecule has 9 bridgehead atoms. The smallest absolute Gasteiger partial charge is 0.340 e. The maximum absolute atomic E-state index is 15.1. The van der Waals surface area contributed by atoms with Gasteiger partial charge in [-0.05, 0) is 117 Å². The number of carbonyl (C=O) groups excluding carboxylic acids is 4. The Morgan fingerprint density at radius 1 is 1.00 bits per heavy atom. The fourth-order valence-electron chi connectivity index (χ4n) is 13.7. The van der Waals surface area contributed by atoms with Gasteiger partial charge in [0.2, 0.25) is 0 Å². The summed E-state index contributed by atoms with van der Waals surface area (Å²) < 4.78 is 13.2. The highest BCUT2D eigenvalue weighted by molar-refractivity contribution is 8.77. The number of dihydropyridines is 2. The van der Waals surface area contributed by atoms with Gasteiger partial charge in [-0.25, -0.2) is 9.59 Å². The molecule has 7 aliphatic heterocycles. The molecule has 1 saturated heterocycles. The normalized spacial score (nSPS) is 38.3. The molecule has 6 aliphatic carbocycles. The number of esters is 2. The summed E-state index contributed by atoms with van der Waals surface area (Å²) in [6.45, 7) is 7.35. The molecule has 10 atom stereocenters. The van der Waals surface area contributed by atoms with E-state index in [4.69, 9.17) is 9.47 Å². The van der Waals surface area contributed by atoms with E-state index in [2.05, 4.69) is 54.1 Å². The number of hydrogen-bond donors (Lipinski definition) is 4. The summed E-state index contributed by atoms with van der Waals surface area (Å²) in [5, 5.41) is 21.1. The number of aliphatic hydroxyl groups is 1. The van der Waals surface area contributed by atoms with Crippen molar-refractivity contribution in [3.8, 4) is 0 Å². The molecule has 322 valence electrons. The number of amides is 2. The predicted octanol–water partition coefficient (Wildman–Crippen LogP) is 6.74. The summed E-state index contributed by atoms with van der Waals surface area (Å²) >= 11 is 0. The summed E-state index contributed by atoms with van der Waals surface area (Å²) in [5.41, 5.74) is 5.93. The highest BCUT2D eigenvalue weighted by Gasteiger charge is 2.70. The van der Waals surface area contributed by atoms with Crippen LogP contribution in [0.5, 0.6) is 0 Å². The van der Waals surface area contributed by atoms with Gasteiger partial charge in [-0.3, -0.25) is 14.5 Å². The number of nitrogens with zero attached hydrogens (tertiary/aromatic N) is 1. The van der Waals surface area contributed by atoms with E-state index < -0.39 is 17.4 Å². The Morgan fingerprint density at radius 2 is 1.80 bits per heavy atom. The number of fused-ring (bicyclic) bond motifs is 6. The SMILES string of the molecule is CCC1(C2=C3OC(=O)C4=C3[C@@H](CC2)C[C@H]2[C@@H]3CC[C@@]5(C6=C3[C@H](CN3C(=O)C=CC3=O)C3=CCNC7=C3C=C[C@@H](N7)SS[C@@H](NC[C@H](C)O)[C@H](C)C/C=C/5OC6=O)[C@@H]42)CCCC1. The molecule has 0 radical (unpaired) electrons. The second-order valence-electron chi connectivity index (χ2n) is 19.4. The number of nitrogens with one attached hydrogen (secondary N) is 3. The lowest BCUT2D eigenvalue weighted by Gasteiger charge is -2.58. The Morgan fingerprint density at radius 3 is 2.57 bits per heavy atom. The third-order valence-electron chi connectivity index (χ3n) is 16.4. The maximum atomic E-state index is 15.1. The molecule has 1 spiro atoms. The summed E-state index contributed by atoms with van der Waals surface area (Å²) in [6, 6.07) is 0. The van der Waals surface area contributed by atoms with Crippen LogP contribution in [0.4, 0.5) is 0 Å². The van der Waals surface area contributed by atoms with Crippen molar-refractivity contribution < 1.29 is 33.8 Å². The third kappa shape index (κ3) is 5.98. The number of carbonyl (C=O) groups is 4. The molecule has 13 heteroatoms. The van der Waals surface area contributed by atoms with Gasteiger partial charge >= 0.3 is 11.9 Å². The van der Waals surface area contributed by atoms with Crippen molar-refractivity contribution in [3.63, 3.8) is 0 Å². The second-order valence-corrected chi connectivity index (χ2v) is 21.9. The summed E-state index contributed by atoms with van der Waals surface area (Å²) in [7, 11) is 3.44. The van der Waals surface area contributed by atoms with Crippen molar-refractivity contribution in [2.45, 2.75) is 108 Å². The minimum absolute atomic E-state index is 0.0312. The molecule has 11 nitrogen and oxygen atoms in total. The fraction of sp³-hybridized carbons (Fsp3) is 0.583. The lowest BCUT2D eigenvalue weighted by molar-refractivity contribution is -0.138. The van der Waals surface area contributed by atoms with E-state index in [1.54, 1.807) is 28.5 Å². The van der Waals surface area contributed by atoms with Crippen LogP contribution >= 0.6 is 21.6 Å². The number of allylic oxidation sites excluding steroid dienone is 6. The Labute approximate surface area is 365 Å². The van der Waals surface area contributed by atoms with Gasteiger partial charge in [0, 0.05) is 60.3 Å². The van der Waals surface area contributed by atoms with Crippen molar-refractivity contribution in [3.05, 3.63) is 92.8 Å². The molecule has 61 heavy (non-hydrogen) atoms. The zero-order chi connectivity index (χ0) is 41.9. The number of aliphatic hydroxyl groups excluding tert-OH is 1. The van der Waals surface area contributed by atoms with Crippen molar-refractivity contribution in [2.75, 3.05) is 19.6 Å². The molecule has 13 aliphatic rings. The average Bonchev–Trinajstić information content (AvgIpc) is 4.03. The molecule has 4 N–H and O–H groups in total. The van der Waals surface area contributed by atoms with Gasteiger partial charge in [0.1, 0.15) is 22.7 Å². The molecular weight excluding hydrogens is 809 g/mol. The Hall–Kier alpha value is -3.78. The molecule has 0 aromatic carbocycles. The van der Waals surface area contributed by atoms with Crippen LogP contribution in [0.3, 0.4) is 0 Å². The van der Waals surface area contributed by atoms with Gasteiger partial charge in [-0.1, -0.05) is 66.5 Å². The molecule has 3 fully saturated rings. The van der Waals surface area contributed by atoms with Crippen molar-refractivity contribution in [2.24, 2.45) is 46.3 Å². The quantitative estimate of drug-likeness (QED) is 0.122. The number of imide groups is 1. The topological polar surface area (TPSA) is 146 Å². The van der Waals surface area contributed by atoms with Crippen LogP contribution in [0.25, 0.3) is 0 Å². The van der Waals surface area contributed by atoms with E-state index >= 15 is 4.79 Å². The average molecular weight is 865 g/mol. The van der Waals surface area contributed by atoms with Gasteiger partial charge in [0.15, 0.2) is 0 Å². The molecule has 7 heterocycles. The molecule has 0 unspecified atom stereocenters. The van der Waals surface area contributed by atoms with Gasteiger partial charge in [-0.2, -0.15) is 0 Å². The number of hydrogen-bond acceptors (Lipinski definition) is 12. The zero-order valence-corrected chi connectivity index (χ0v) is 36.9. The third-order valence-corrected chi connectivity index (χ3v) is 19.4. The highest BCUT2D eigenvalue weighted by atomic mass is 33.1. The van der Waals surface area contributed by atoms with Crippen LogP contribution < -0.4 is 16.0 Å². The molecule has 0 aromatic heterocycles. The van der Waals surface area contributed by atoms with Crippen LogP contribution in [0, 0.1) is 46.3 Å². The van der Waals surface area contributed by atoms with Crippen molar-refractivity contribution in [1.29, 1.82) is 0 Å².